The van der Waals surface area contributed by atoms with Crippen LogP contribution in [0.5, 0.6) is 5.75 Å². The van der Waals surface area contributed by atoms with Crippen molar-refractivity contribution >= 4 is 17.5 Å². The van der Waals surface area contributed by atoms with Crippen molar-refractivity contribution in [1.82, 2.24) is 5.32 Å². The number of carbonyl (C=O) groups is 2. The maximum Gasteiger partial charge on any atom is 0.223 e. The van der Waals surface area contributed by atoms with E-state index in [0.717, 1.165) is 6.42 Å². The number of methoxy groups -OCH3 is 2. The molecule has 0 atom stereocenters. The molecule has 2 amide bonds. The Kier molecular flexibility index (Phi) is 7.99. The molecule has 0 aliphatic rings. The summed E-state index contributed by atoms with van der Waals surface area (Å²) in [6.07, 6.45) is 1.01. The Labute approximate surface area is 131 Å². The van der Waals surface area contributed by atoms with E-state index in [1.54, 1.807) is 31.3 Å². The van der Waals surface area contributed by atoms with Gasteiger partial charge in [-0.15, -0.1) is 0 Å². The number of hydrogen-bond donors (Lipinski definition) is 1. The van der Waals surface area contributed by atoms with Gasteiger partial charge in [0, 0.05) is 40.2 Å². The fourth-order valence-electron chi connectivity index (χ4n) is 2.05. The van der Waals surface area contributed by atoms with Gasteiger partial charge in [0.15, 0.2) is 0 Å². The van der Waals surface area contributed by atoms with Gasteiger partial charge in [-0.25, -0.2) is 0 Å². The topological polar surface area (TPSA) is 67.9 Å². The Morgan fingerprint density at radius 2 is 1.95 bits per heavy atom. The summed E-state index contributed by atoms with van der Waals surface area (Å²) in [7, 11) is 3.18. The van der Waals surface area contributed by atoms with Crippen molar-refractivity contribution in [1.29, 1.82) is 0 Å². The zero-order valence-electron chi connectivity index (χ0n) is 13.4. The van der Waals surface area contributed by atoms with Crippen LogP contribution in [0, 0.1) is 0 Å². The van der Waals surface area contributed by atoms with Crippen LogP contribution >= 0.6 is 0 Å². The lowest BCUT2D eigenvalue weighted by Gasteiger charge is -2.23. The predicted molar refractivity (Wildman–Crippen MR) is 85.1 cm³/mol. The van der Waals surface area contributed by atoms with Crippen molar-refractivity contribution in [3.63, 3.8) is 0 Å². The van der Waals surface area contributed by atoms with Crippen molar-refractivity contribution in [2.45, 2.75) is 19.8 Å². The first-order valence-electron chi connectivity index (χ1n) is 7.27. The molecule has 0 aliphatic heterocycles. The second-order valence-corrected chi connectivity index (χ2v) is 4.79. The average Bonchev–Trinajstić information content (AvgIpc) is 2.52. The summed E-state index contributed by atoms with van der Waals surface area (Å²) in [6, 6.07) is 7.26. The summed E-state index contributed by atoms with van der Waals surface area (Å²) in [6.45, 7) is 2.97. The van der Waals surface area contributed by atoms with Gasteiger partial charge in [-0.05, 0) is 18.6 Å². The first-order chi connectivity index (χ1) is 10.6. The summed E-state index contributed by atoms with van der Waals surface area (Å²) in [5.41, 5.74) is 0.671. The number of benzene rings is 1. The molecule has 0 saturated carbocycles. The maximum absolute atomic E-state index is 11.8. The molecule has 1 aromatic rings. The minimum Gasteiger partial charge on any atom is -0.495 e. The van der Waals surface area contributed by atoms with Crippen LogP contribution in [0.25, 0.3) is 0 Å². The third kappa shape index (κ3) is 5.73. The highest BCUT2D eigenvalue weighted by Gasteiger charge is 2.16. The standard InChI is InChI=1S/C16H24N2O4/c1-13(19)18(14-7-4-5-8-15(14)22-3)11-9-16(20)17-10-6-12-21-2/h4-5,7-8H,6,9-12H2,1-3H3,(H,17,20). The number of amides is 2. The van der Waals surface area contributed by atoms with Crippen LogP contribution in [0.1, 0.15) is 19.8 Å². The molecule has 0 spiro atoms. The van der Waals surface area contributed by atoms with Crippen LogP contribution in [0.3, 0.4) is 0 Å². The van der Waals surface area contributed by atoms with E-state index in [0.29, 0.717) is 31.1 Å². The molecule has 0 heterocycles. The van der Waals surface area contributed by atoms with Crippen molar-refractivity contribution in [2.75, 3.05) is 38.8 Å². The first kappa shape index (κ1) is 18.0. The minimum atomic E-state index is -0.128. The average molecular weight is 308 g/mol. The normalized spacial score (nSPS) is 10.1. The monoisotopic (exact) mass is 308 g/mol. The molecule has 22 heavy (non-hydrogen) atoms. The number of anilines is 1. The zero-order valence-corrected chi connectivity index (χ0v) is 13.4. The number of para-hydroxylation sites is 2. The van der Waals surface area contributed by atoms with Crippen LogP contribution < -0.4 is 15.0 Å². The summed E-state index contributed by atoms with van der Waals surface area (Å²) >= 11 is 0. The third-order valence-corrected chi connectivity index (χ3v) is 3.17. The molecule has 0 fully saturated rings. The lowest BCUT2D eigenvalue weighted by atomic mass is 10.2. The fourth-order valence-corrected chi connectivity index (χ4v) is 2.05. The number of nitrogens with one attached hydrogen (secondary N) is 1. The molecule has 1 rings (SSSR count). The lowest BCUT2D eigenvalue weighted by Crippen LogP contribution is -2.34. The van der Waals surface area contributed by atoms with Gasteiger partial charge in [0.2, 0.25) is 11.8 Å². The largest absolute Gasteiger partial charge is 0.495 e. The Morgan fingerprint density at radius 1 is 1.23 bits per heavy atom. The highest BCUT2D eigenvalue weighted by Crippen LogP contribution is 2.27. The fraction of sp³-hybridized carbons (Fsp3) is 0.500. The molecule has 6 heteroatoms. The molecule has 0 aliphatic carbocycles. The zero-order chi connectivity index (χ0) is 16.4. The molecule has 122 valence electrons. The number of ether oxygens (including phenoxy) is 2. The third-order valence-electron chi connectivity index (χ3n) is 3.17. The SMILES string of the molecule is COCCCNC(=O)CCN(C(C)=O)c1ccccc1OC. The summed E-state index contributed by atoms with van der Waals surface area (Å²) in [5.74, 6) is 0.395. The highest BCUT2D eigenvalue weighted by atomic mass is 16.5. The molecule has 1 N–H and O–H groups in total. The Balaban J connectivity index is 2.58. The Hall–Kier alpha value is -2.08. The molecule has 1 aromatic carbocycles. The molecule has 6 nitrogen and oxygen atoms in total. The van der Waals surface area contributed by atoms with Crippen molar-refractivity contribution < 1.29 is 19.1 Å². The second-order valence-electron chi connectivity index (χ2n) is 4.79. The summed E-state index contributed by atoms with van der Waals surface area (Å²) < 4.78 is 10.2. The van der Waals surface area contributed by atoms with Crippen LogP contribution in [-0.2, 0) is 14.3 Å². The van der Waals surface area contributed by atoms with Gasteiger partial charge < -0.3 is 19.7 Å². The molecule has 0 bridgehead atoms. The number of rotatable bonds is 9. The van der Waals surface area contributed by atoms with Gasteiger partial charge in [0.05, 0.1) is 12.8 Å². The minimum absolute atomic E-state index is 0.0859. The van der Waals surface area contributed by atoms with E-state index in [1.165, 1.54) is 6.92 Å². The molecule has 0 saturated heterocycles. The van der Waals surface area contributed by atoms with Gasteiger partial charge in [0.1, 0.15) is 5.75 Å². The lowest BCUT2D eigenvalue weighted by molar-refractivity contribution is -0.121. The van der Waals surface area contributed by atoms with E-state index in [4.69, 9.17) is 9.47 Å². The molecule has 0 unspecified atom stereocenters. The van der Waals surface area contributed by atoms with E-state index in [1.807, 2.05) is 12.1 Å². The summed E-state index contributed by atoms with van der Waals surface area (Å²) in [5, 5.41) is 2.80. The van der Waals surface area contributed by atoms with E-state index in [2.05, 4.69) is 5.32 Å². The molecular weight excluding hydrogens is 284 g/mol. The van der Waals surface area contributed by atoms with Crippen LogP contribution in [-0.4, -0.2) is 45.7 Å². The van der Waals surface area contributed by atoms with E-state index in [-0.39, 0.29) is 18.2 Å². The van der Waals surface area contributed by atoms with Gasteiger partial charge in [-0.1, -0.05) is 12.1 Å². The Bertz CT molecular complexity index is 491. The highest BCUT2D eigenvalue weighted by molar-refractivity contribution is 5.93. The smallest absolute Gasteiger partial charge is 0.223 e. The molecule has 0 radical (unpaired) electrons. The van der Waals surface area contributed by atoms with Crippen molar-refractivity contribution in [2.24, 2.45) is 0 Å². The van der Waals surface area contributed by atoms with Crippen LogP contribution in [0.15, 0.2) is 24.3 Å². The van der Waals surface area contributed by atoms with Gasteiger partial charge in [-0.3, -0.25) is 9.59 Å². The van der Waals surface area contributed by atoms with Gasteiger partial charge in [-0.2, -0.15) is 0 Å². The summed E-state index contributed by atoms with van der Waals surface area (Å²) in [4.78, 5) is 25.2. The molecular formula is C16H24N2O4. The molecule has 0 aromatic heterocycles. The van der Waals surface area contributed by atoms with Crippen molar-refractivity contribution in [3.8, 4) is 5.75 Å². The number of carbonyl (C=O) groups excluding carboxylic acids is 2. The van der Waals surface area contributed by atoms with E-state index >= 15 is 0 Å². The van der Waals surface area contributed by atoms with Gasteiger partial charge >= 0.3 is 0 Å². The predicted octanol–water partition coefficient (Wildman–Crippen LogP) is 1.59. The van der Waals surface area contributed by atoms with Crippen LogP contribution in [0.4, 0.5) is 5.69 Å². The van der Waals surface area contributed by atoms with E-state index < -0.39 is 0 Å². The van der Waals surface area contributed by atoms with Crippen LogP contribution in [0.2, 0.25) is 0 Å². The second kappa shape index (κ2) is 9.78. The Morgan fingerprint density at radius 3 is 2.59 bits per heavy atom. The number of hydrogen-bond acceptors (Lipinski definition) is 4. The van der Waals surface area contributed by atoms with Gasteiger partial charge in [0.25, 0.3) is 0 Å². The maximum atomic E-state index is 11.8. The quantitative estimate of drug-likeness (QED) is 0.704. The van der Waals surface area contributed by atoms with Crippen molar-refractivity contribution in [3.05, 3.63) is 24.3 Å². The number of nitrogens with zero attached hydrogens (tertiary/aromatic N) is 1. The first-order valence-corrected chi connectivity index (χ1v) is 7.27. The van der Waals surface area contributed by atoms with E-state index in [9.17, 15) is 9.59 Å².